The molecular formula is C21H24F4N4O3. The van der Waals surface area contributed by atoms with Gasteiger partial charge in [-0.15, -0.1) is 0 Å². The fourth-order valence-electron chi connectivity index (χ4n) is 4.71. The van der Waals surface area contributed by atoms with Crippen molar-refractivity contribution < 1.29 is 31.9 Å². The topological polar surface area (TPSA) is 88.8 Å². The zero-order valence-corrected chi connectivity index (χ0v) is 17.3. The molecule has 2 aliphatic carbocycles. The quantitative estimate of drug-likeness (QED) is 0.665. The number of hydrogen-bond donors (Lipinski definition) is 1. The Morgan fingerprint density at radius 1 is 1.19 bits per heavy atom. The number of carbonyl (C=O) groups excluding carboxylic acids is 2. The fourth-order valence-corrected chi connectivity index (χ4v) is 4.71. The highest BCUT2D eigenvalue weighted by molar-refractivity contribution is 5.97. The van der Waals surface area contributed by atoms with Gasteiger partial charge in [-0.05, 0) is 37.3 Å². The molecule has 4 aliphatic rings. The maximum atomic E-state index is 13.9. The summed E-state index contributed by atoms with van der Waals surface area (Å²) >= 11 is 0. The van der Waals surface area contributed by atoms with Gasteiger partial charge in [-0.3, -0.25) is 9.59 Å². The summed E-state index contributed by atoms with van der Waals surface area (Å²) in [7, 11) is 0. The predicted octanol–water partition coefficient (Wildman–Crippen LogP) is 2.44. The number of ether oxygens (including phenoxy) is 1. The molecule has 3 heterocycles. The molecule has 0 bridgehead atoms. The second-order valence-electron chi connectivity index (χ2n) is 9.52. The van der Waals surface area contributed by atoms with Crippen molar-refractivity contribution in [3.8, 4) is 5.88 Å². The van der Waals surface area contributed by atoms with Crippen molar-refractivity contribution in [1.29, 1.82) is 0 Å². The van der Waals surface area contributed by atoms with Crippen LogP contribution in [0, 0.1) is 11.3 Å². The Bertz CT molecular complexity index is 970. The number of carbonyl (C=O) groups is 2. The summed E-state index contributed by atoms with van der Waals surface area (Å²) in [6, 6.07) is 1.48. The highest BCUT2D eigenvalue weighted by Crippen LogP contribution is 2.65. The van der Waals surface area contributed by atoms with Crippen LogP contribution in [0.2, 0.25) is 0 Å². The lowest BCUT2D eigenvalue weighted by Crippen LogP contribution is -2.44. The number of rotatable bonds is 6. The van der Waals surface area contributed by atoms with E-state index in [-0.39, 0.29) is 24.5 Å². The van der Waals surface area contributed by atoms with Gasteiger partial charge in [0, 0.05) is 25.9 Å². The normalized spacial score (nSPS) is 30.1. The highest BCUT2D eigenvalue weighted by Gasteiger charge is 2.72. The van der Waals surface area contributed by atoms with E-state index < -0.39 is 48.1 Å². The van der Waals surface area contributed by atoms with Gasteiger partial charge in [0.1, 0.15) is 11.7 Å². The molecule has 0 radical (unpaired) electrons. The fraction of sp³-hybridized carbons (Fsp3) is 0.667. The molecule has 2 atom stereocenters. The number of pyridine rings is 1. The molecule has 4 fully saturated rings. The Morgan fingerprint density at radius 3 is 2.50 bits per heavy atom. The van der Waals surface area contributed by atoms with Crippen LogP contribution < -0.4 is 15.4 Å². The van der Waals surface area contributed by atoms with E-state index in [0.717, 1.165) is 17.7 Å². The summed E-state index contributed by atoms with van der Waals surface area (Å²) in [5.74, 6) is -7.26. The lowest BCUT2D eigenvalue weighted by molar-refractivity contribution is -0.121. The van der Waals surface area contributed by atoms with E-state index in [0.29, 0.717) is 31.2 Å². The van der Waals surface area contributed by atoms with Gasteiger partial charge < -0.3 is 20.3 Å². The van der Waals surface area contributed by atoms with Crippen LogP contribution in [0.15, 0.2) is 12.1 Å². The Hall–Kier alpha value is -2.59. The van der Waals surface area contributed by atoms with Crippen molar-refractivity contribution in [2.45, 2.75) is 50.0 Å². The first-order valence-electron chi connectivity index (χ1n) is 10.8. The smallest absolute Gasteiger partial charge is 0.273 e. The van der Waals surface area contributed by atoms with Crippen LogP contribution in [-0.4, -0.2) is 65.8 Å². The molecule has 1 unspecified atom stereocenters. The molecule has 2 N–H and O–H groups in total. The Labute approximate surface area is 181 Å². The molecule has 2 amide bonds. The molecule has 11 heteroatoms. The van der Waals surface area contributed by atoms with Crippen molar-refractivity contribution in [1.82, 2.24) is 9.88 Å². The maximum absolute atomic E-state index is 13.9. The van der Waals surface area contributed by atoms with E-state index >= 15 is 0 Å². The molecule has 1 aromatic heterocycles. The SMILES string of the molecule is NC(=O)[C@@H]1CC(F)(F)CN1C(=O)c1ccc(N2CCC3(C2)CC3(F)F)c(OCC2CC2)n1. The van der Waals surface area contributed by atoms with Crippen LogP contribution in [0.25, 0.3) is 0 Å². The van der Waals surface area contributed by atoms with E-state index in [1.807, 2.05) is 0 Å². The highest BCUT2D eigenvalue weighted by atomic mass is 19.3. The second kappa shape index (κ2) is 6.95. The molecule has 7 nitrogen and oxygen atoms in total. The molecule has 0 aromatic carbocycles. The molecule has 2 aliphatic heterocycles. The number of halogens is 4. The van der Waals surface area contributed by atoms with Gasteiger partial charge in [0.25, 0.3) is 17.8 Å². The summed E-state index contributed by atoms with van der Waals surface area (Å²) in [5.41, 5.74) is 4.54. The van der Waals surface area contributed by atoms with E-state index in [1.54, 1.807) is 11.0 Å². The van der Waals surface area contributed by atoms with Crippen molar-refractivity contribution >= 4 is 17.5 Å². The predicted molar refractivity (Wildman–Crippen MR) is 105 cm³/mol. The first-order chi connectivity index (χ1) is 15.0. The Kier molecular flexibility index (Phi) is 4.62. The number of aromatic nitrogens is 1. The van der Waals surface area contributed by atoms with Crippen LogP contribution in [0.5, 0.6) is 5.88 Å². The van der Waals surface area contributed by atoms with E-state index in [2.05, 4.69) is 4.98 Å². The van der Waals surface area contributed by atoms with Gasteiger partial charge in [-0.25, -0.2) is 22.5 Å². The first kappa shape index (κ1) is 21.3. The minimum absolute atomic E-state index is 0.116. The van der Waals surface area contributed by atoms with Crippen molar-refractivity contribution in [3.05, 3.63) is 17.8 Å². The van der Waals surface area contributed by atoms with Gasteiger partial charge in [-0.1, -0.05) is 0 Å². The number of alkyl halides is 4. The number of nitrogens with two attached hydrogens (primary N) is 1. The number of nitrogens with zero attached hydrogens (tertiary/aromatic N) is 3. The lowest BCUT2D eigenvalue weighted by atomic mass is 10.1. The average Bonchev–Trinajstić information content (AvgIpc) is 3.53. The van der Waals surface area contributed by atoms with Crippen LogP contribution in [0.3, 0.4) is 0 Å². The summed E-state index contributed by atoms with van der Waals surface area (Å²) in [5, 5.41) is 0. The third kappa shape index (κ3) is 3.65. The summed E-state index contributed by atoms with van der Waals surface area (Å²) < 4.78 is 61.2. The minimum atomic E-state index is -3.22. The van der Waals surface area contributed by atoms with Crippen LogP contribution in [0.4, 0.5) is 23.2 Å². The zero-order valence-electron chi connectivity index (χ0n) is 17.3. The average molecular weight is 456 g/mol. The van der Waals surface area contributed by atoms with E-state index in [9.17, 15) is 27.2 Å². The van der Waals surface area contributed by atoms with Crippen molar-refractivity contribution in [3.63, 3.8) is 0 Å². The van der Waals surface area contributed by atoms with E-state index in [1.165, 1.54) is 6.07 Å². The van der Waals surface area contributed by atoms with Gasteiger partial charge >= 0.3 is 0 Å². The van der Waals surface area contributed by atoms with Gasteiger partial charge in [0.05, 0.1) is 24.3 Å². The van der Waals surface area contributed by atoms with Crippen molar-refractivity contribution in [2.75, 3.05) is 31.1 Å². The molecular weight excluding hydrogens is 432 g/mol. The monoisotopic (exact) mass is 456 g/mol. The molecule has 1 spiro atoms. The summed E-state index contributed by atoms with van der Waals surface area (Å²) in [6.07, 6.45) is 1.40. The third-order valence-corrected chi connectivity index (χ3v) is 6.98. The molecule has 174 valence electrons. The Morgan fingerprint density at radius 2 is 1.91 bits per heavy atom. The summed E-state index contributed by atoms with van der Waals surface area (Å²) in [6.45, 7) is 0.0205. The van der Waals surface area contributed by atoms with Gasteiger partial charge in [0.2, 0.25) is 11.8 Å². The molecule has 2 saturated carbocycles. The molecule has 1 aromatic rings. The molecule has 32 heavy (non-hydrogen) atoms. The summed E-state index contributed by atoms with van der Waals surface area (Å²) in [4.78, 5) is 31.3. The van der Waals surface area contributed by atoms with Gasteiger partial charge in [0.15, 0.2) is 0 Å². The first-order valence-corrected chi connectivity index (χ1v) is 10.8. The van der Waals surface area contributed by atoms with Crippen LogP contribution in [0.1, 0.15) is 42.6 Å². The minimum Gasteiger partial charge on any atom is -0.476 e. The van der Waals surface area contributed by atoms with Gasteiger partial charge in [-0.2, -0.15) is 0 Å². The number of amides is 2. The number of hydrogen-bond acceptors (Lipinski definition) is 5. The number of anilines is 1. The Balaban J connectivity index is 1.41. The second-order valence-corrected chi connectivity index (χ2v) is 9.52. The number of primary amides is 1. The largest absolute Gasteiger partial charge is 0.476 e. The van der Waals surface area contributed by atoms with Crippen LogP contribution >= 0.6 is 0 Å². The standard InChI is InChI=1S/C21H24F4N4O3/c22-20(23)7-15(16(26)30)29(11-20)18(31)13-3-4-14(17(27-13)32-8-12-1-2-12)28-6-5-19(10-28)9-21(19,24)25/h3-4,12,15H,1-2,5-11H2,(H2,26,30)/t15-,19?/m0/s1. The van der Waals surface area contributed by atoms with Crippen molar-refractivity contribution in [2.24, 2.45) is 17.1 Å². The molecule has 2 saturated heterocycles. The lowest BCUT2D eigenvalue weighted by Gasteiger charge is -2.24. The maximum Gasteiger partial charge on any atom is 0.273 e. The van der Waals surface area contributed by atoms with E-state index in [4.69, 9.17) is 10.5 Å². The third-order valence-electron chi connectivity index (χ3n) is 6.98. The number of likely N-dealkylation sites (tertiary alicyclic amines) is 1. The zero-order chi connectivity index (χ0) is 22.9. The molecule has 5 rings (SSSR count). The van der Waals surface area contributed by atoms with Crippen LogP contribution in [-0.2, 0) is 4.79 Å².